The van der Waals surface area contributed by atoms with Crippen molar-refractivity contribution in [2.24, 2.45) is 11.7 Å². The molecular weight excluding hydrogens is 238 g/mol. The van der Waals surface area contributed by atoms with E-state index in [0.717, 1.165) is 23.7 Å². The van der Waals surface area contributed by atoms with Gasteiger partial charge in [0.1, 0.15) is 0 Å². The lowest BCUT2D eigenvalue weighted by Crippen LogP contribution is -2.53. The minimum atomic E-state index is -0.280. The van der Waals surface area contributed by atoms with Gasteiger partial charge in [-0.2, -0.15) is 0 Å². The molecule has 0 saturated carbocycles. The summed E-state index contributed by atoms with van der Waals surface area (Å²) in [5.41, 5.74) is 7.32. The zero-order chi connectivity index (χ0) is 13.2. The molecule has 4 nitrogen and oxygen atoms in total. The number of rotatable bonds is 4. The van der Waals surface area contributed by atoms with Crippen LogP contribution in [0.5, 0.6) is 0 Å². The summed E-state index contributed by atoms with van der Waals surface area (Å²) in [5, 5.41) is 3.63. The lowest BCUT2D eigenvalue weighted by atomic mass is 9.84. The minimum Gasteiger partial charge on any atom is -0.381 e. The molecule has 0 radical (unpaired) electrons. The maximum Gasteiger partial charge on any atom is 0.221 e. The summed E-state index contributed by atoms with van der Waals surface area (Å²) >= 11 is 0. The number of carbonyl (C=O) groups is 1. The third kappa shape index (κ3) is 2.89. The SMILES string of the molecule is NC(=O)Cc1ccc(NC2CN3CCC2CC3)cc1. The second-order valence-corrected chi connectivity index (χ2v) is 5.73. The molecular formula is C15H21N3O. The van der Waals surface area contributed by atoms with E-state index in [1.165, 1.54) is 25.9 Å². The molecule has 3 aliphatic heterocycles. The fourth-order valence-electron chi connectivity index (χ4n) is 3.26. The van der Waals surface area contributed by atoms with Crippen LogP contribution in [-0.2, 0) is 11.2 Å². The predicted octanol–water partition coefficient (Wildman–Crippen LogP) is 1.22. The molecule has 0 spiro atoms. The Kier molecular flexibility index (Phi) is 3.42. The number of carbonyl (C=O) groups excluding carboxylic acids is 1. The van der Waals surface area contributed by atoms with Crippen molar-refractivity contribution in [3.8, 4) is 0 Å². The van der Waals surface area contributed by atoms with Crippen molar-refractivity contribution in [1.29, 1.82) is 0 Å². The number of hydrogen-bond acceptors (Lipinski definition) is 3. The summed E-state index contributed by atoms with van der Waals surface area (Å²) in [6, 6.07) is 8.64. The number of piperidine rings is 3. The number of nitrogens with two attached hydrogens (primary N) is 1. The van der Waals surface area contributed by atoms with Crippen LogP contribution in [0.4, 0.5) is 5.69 Å². The van der Waals surface area contributed by atoms with Crippen molar-refractivity contribution in [3.05, 3.63) is 29.8 Å². The Balaban J connectivity index is 1.62. The highest BCUT2D eigenvalue weighted by atomic mass is 16.1. The summed E-state index contributed by atoms with van der Waals surface area (Å²) in [5.74, 6) is 0.536. The zero-order valence-corrected chi connectivity index (χ0v) is 11.1. The van der Waals surface area contributed by atoms with Crippen molar-refractivity contribution in [2.45, 2.75) is 25.3 Å². The van der Waals surface area contributed by atoms with Gasteiger partial charge in [-0.25, -0.2) is 0 Å². The van der Waals surface area contributed by atoms with Crippen LogP contribution in [-0.4, -0.2) is 36.5 Å². The number of anilines is 1. The van der Waals surface area contributed by atoms with Crippen LogP contribution in [0.1, 0.15) is 18.4 Å². The Labute approximate surface area is 114 Å². The summed E-state index contributed by atoms with van der Waals surface area (Å²) in [7, 11) is 0. The van der Waals surface area contributed by atoms with E-state index in [1.54, 1.807) is 0 Å². The topological polar surface area (TPSA) is 58.4 Å². The van der Waals surface area contributed by atoms with E-state index in [4.69, 9.17) is 5.73 Å². The smallest absolute Gasteiger partial charge is 0.221 e. The Morgan fingerprint density at radius 2 is 1.95 bits per heavy atom. The molecule has 0 aromatic heterocycles. The molecule has 3 aliphatic rings. The fourth-order valence-corrected chi connectivity index (χ4v) is 3.26. The van der Waals surface area contributed by atoms with E-state index in [2.05, 4.69) is 22.3 Å². The predicted molar refractivity (Wildman–Crippen MR) is 75.9 cm³/mol. The van der Waals surface area contributed by atoms with E-state index >= 15 is 0 Å². The van der Waals surface area contributed by atoms with Crippen LogP contribution >= 0.6 is 0 Å². The second-order valence-electron chi connectivity index (χ2n) is 5.73. The summed E-state index contributed by atoms with van der Waals surface area (Å²) < 4.78 is 0. The lowest BCUT2D eigenvalue weighted by Gasteiger charge is -2.45. The van der Waals surface area contributed by atoms with Gasteiger partial charge in [-0.05, 0) is 49.5 Å². The van der Waals surface area contributed by atoms with Gasteiger partial charge in [-0.1, -0.05) is 12.1 Å². The van der Waals surface area contributed by atoms with Crippen molar-refractivity contribution >= 4 is 11.6 Å². The van der Waals surface area contributed by atoms with Gasteiger partial charge in [0.2, 0.25) is 5.91 Å². The van der Waals surface area contributed by atoms with Crippen LogP contribution in [0, 0.1) is 5.92 Å². The Morgan fingerprint density at radius 1 is 1.26 bits per heavy atom. The van der Waals surface area contributed by atoms with Gasteiger partial charge in [0.25, 0.3) is 0 Å². The summed E-state index contributed by atoms with van der Waals surface area (Å²) in [6.45, 7) is 3.69. The molecule has 1 aromatic carbocycles. The third-order valence-corrected chi connectivity index (χ3v) is 4.34. The van der Waals surface area contributed by atoms with E-state index in [0.29, 0.717) is 12.5 Å². The Hall–Kier alpha value is -1.55. The average Bonchev–Trinajstić information content (AvgIpc) is 2.42. The first-order chi connectivity index (χ1) is 9.20. The first kappa shape index (κ1) is 12.5. The average molecular weight is 259 g/mol. The second kappa shape index (κ2) is 5.21. The van der Waals surface area contributed by atoms with Crippen LogP contribution < -0.4 is 11.1 Å². The van der Waals surface area contributed by atoms with Crippen LogP contribution in [0.25, 0.3) is 0 Å². The Morgan fingerprint density at radius 3 is 2.47 bits per heavy atom. The number of hydrogen-bond donors (Lipinski definition) is 2. The molecule has 3 fully saturated rings. The standard InChI is InChI=1S/C15H21N3O/c16-15(19)9-11-1-3-13(4-2-11)17-14-10-18-7-5-12(14)6-8-18/h1-4,12,14,17H,5-10H2,(H2,16,19). The van der Waals surface area contributed by atoms with Crippen molar-refractivity contribution in [1.82, 2.24) is 4.90 Å². The highest BCUT2D eigenvalue weighted by Gasteiger charge is 2.33. The molecule has 1 atom stereocenters. The number of benzene rings is 1. The van der Waals surface area contributed by atoms with Crippen LogP contribution in [0.3, 0.4) is 0 Å². The number of nitrogens with one attached hydrogen (secondary N) is 1. The van der Waals surface area contributed by atoms with Gasteiger partial charge in [0.05, 0.1) is 6.42 Å². The summed E-state index contributed by atoms with van der Waals surface area (Å²) in [4.78, 5) is 13.4. The van der Waals surface area contributed by atoms with Crippen molar-refractivity contribution in [3.63, 3.8) is 0 Å². The fraction of sp³-hybridized carbons (Fsp3) is 0.533. The van der Waals surface area contributed by atoms with Gasteiger partial charge >= 0.3 is 0 Å². The van der Waals surface area contributed by atoms with Gasteiger partial charge in [0.15, 0.2) is 0 Å². The monoisotopic (exact) mass is 259 g/mol. The molecule has 19 heavy (non-hydrogen) atoms. The first-order valence-corrected chi connectivity index (χ1v) is 7.07. The Bertz CT molecular complexity index is 449. The molecule has 0 aliphatic carbocycles. The van der Waals surface area contributed by atoms with Gasteiger partial charge in [-0.15, -0.1) is 0 Å². The molecule has 3 saturated heterocycles. The molecule has 4 heteroatoms. The van der Waals surface area contributed by atoms with E-state index in [9.17, 15) is 4.79 Å². The number of amides is 1. The van der Waals surface area contributed by atoms with E-state index < -0.39 is 0 Å². The van der Waals surface area contributed by atoms with Gasteiger partial charge < -0.3 is 16.0 Å². The molecule has 4 rings (SSSR count). The molecule has 3 N–H and O–H groups in total. The summed E-state index contributed by atoms with van der Waals surface area (Å²) in [6.07, 6.45) is 2.95. The maximum atomic E-state index is 10.9. The maximum absolute atomic E-state index is 10.9. The van der Waals surface area contributed by atoms with Gasteiger partial charge in [-0.3, -0.25) is 4.79 Å². The normalized spacial score (nSPS) is 29.2. The quantitative estimate of drug-likeness (QED) is 0.855. The molecule has 1 unspecified atom stereocenters. The molecule has 1 aromatic rings. The highest BCUT2D eigenvalue weighted by Crippen LogP contribution is 2.29. The highest BCUT2D eigenvalue weighted by molar-refractivity contribution is 5.76. The van der Waals surface area contributed by atoms with E-state index in [1.807, 2.05) is 12.1 Å². The first-order valence-electron chi connectivity index (χ1n) is 7.07. The lowest BCUT2D eigenvalue weighted by molar-refractivity contribution is -0.117. The molecule has 1 amide bonds. The zero-order valence-electron chi connectivity index (χ0n) is 11.1. The van der Waals surface area contributed by atoms with Crippen molar-refractivity contribution < 1.29 is 4.79 Å². The minimum absolute atomic E-state index is 0.280. The number of nitrogens with zero attached hydrogens (tertiary/aromatic N) is 1. The van der Waals surface area contributed by atoms with Crippen molar-refractivity contribution in [2.75, 3.05) is 25.0 Å². The number of fused-ring (bicyclic) bond motifs is 3. The molecule has 2 bridgehead atoms. The molecule has 3 heterocycles. The van der Waals surface area contributed by atoms with Crippen LogP contribution in [0.15, 0.2) is 24.3 Å². The third-order valence-electron chi connectivity index (χ3n) is 4.34. The van der Waals surface area contributed by atoms with Crippen LogP contribution in [0.2, 0.25) is 0 Å². The largest absolute Gasteiger partial charge is 0.381 e. The van der Waals surface area contributed by atoms with Gasteiger partial charge in [0, 0.05) is 18.3 Å². The molecule has 102 valence electrons. The number of primary amides is 1. The van der Waals surface area contributed by atoms with E-state index in [-0.39, 0.29) is 5.91 Å².